The van der Waals surface area contributed by atoms with E-state index in [2.05, 4.69) is 23.4 Å². The molecule has 0 aliphatic rings. The second kappa shape index (κ2) is 5.59. The van der Waals surface area contributed by atoms with E-state index in [4.69, 9.17) is 16.0 Å². The van der Waals surface area contributed by atoms with Crippen LogP contribution in [0.1, 0.15) is 29.7 Å². The Morgan fingerprint density at radius 2 is 2.22 bits per heavy atom. The van der Waals surface area contributed by atoms with Crippen LogP contribution < -0.4 is 5.32 Å². The highest BCUT2D eigenvalue weighted by Crippen LogP contribution is 2.18. The van der Waals surface area contributed by atoms with E-state index in [1.54, 1.807) is 6.20 Å². The van der Waals surface area contributed by atoms with Crippen molar-refractivity contribution in [1.29, 1.82) is 0 Å². The van der Waals surface area contributed by atoms with Crippen molar-refractivity contribution in [2.45, 2.75) is 33.9 Å². The van der Waals surface area contributed by atoms with Gasteiger partial charge in [0.05, 0.1) is 23.5 Å². The number of furan rings is 1. The minimum Gasteiger partial charge on any atom is -0.464 e. The minimum atomic E-state index is 0.617. The van der Waals surface area contributed by atoms with Crippen LogP contribution in [0, 0.1) is 13.8 Å². The van der Waals surface area contributed by atoms with Crippen molar-refractivity contribution in [2.24, 2.45) is 0 Å². The minimum absolute atomic E-state index is 0.617. The molecule has 98 valence electrons. The van der Waals surface area contributed by atoms with Crippen molar-refractivity contribution in [2.75, 3.05) is 6.54 Å². The van der Waals surface area contributed by atoms with Crippen LogP contribution in [0.2, 0.25) is 5.02 Å². The molecule has 5 heteroatoms. The Kier molecular flexibility index (Phi) is 4.09. The van der Waals surface area contributed by atoms with Crippen LogP contribution in [0.4, 0.5) is 0 Å². The zero-order valence-electron chi connectivity index (χ0n) is 11.0. The van der Waals surface area contributed by atoms with Gasteiger partial charge in [-0.25, -0.2) is 0 Å². The van der Waals surface area contributed by atoms with Gasteiger partial charge in [0.1, 0.15) is 11.5 Å². The smallest absolute Gasteiger partial charge is 0.125 e. The molecule has 0 fully saturated rings. The van der Waals surface area contributed by atoms with Crippen LogP contribution in [-0.2, 0) is 13.1 Å². The van der Waals surface area contributed by atoms with Gasteiger partial charge in [-0.3, -0.25) is 4.68 Å². The molecule has 2 aromatic heterocycles. The van der Waals surface area contributed by atoms with Gasteiger partial charge in [-0.15, -0.1) is 0 Å². The maximum absolute atomic E-state index is 5.98. The quantitative estimate of drug-likeness (QED) is 0.906. The first kappa shape index (κ1) is 13.2. The molecule has 2 rings (SSSR count). The Hall–Kier alpha value is -1.26. The molecule has 0 amide bonds. The highest BCUT2D eigenvalue weighted by atomic mass is 35.5. The Morgan fingerprint density at radius 1 is 1.44 bits per heavy atom. The van der Waals surface area contributed by atoms with Crippen molar-refractivity contribution < 1.29 is 4.42 Å². The van der Waals surface area contributed by atoms with Crippen molar-refractivity contribution in [3.8, 4) is 0 Å². The van der Waals surface area contributed by atoms with Crippen LogP contribution in [0.15, 0.2) is 16.7 Å². The molecule has 0 unspecified atom stereocenters. The van der Waals surface area contributed by atoms with Crippen molar-refractivity contribution in [1.82, 2.24) is 15.1 Å². The summed E-state index contributed by atoms with van der Waals surface area (Å²) in [4.78, 5) is 0. The summed E-state index contributed by atoms with van der Waals surface area (Å²) in [5.41, 5.74) is 2.15. The van der Waals surface area contributed by atoms with Crippen LogP contribution in [-0.4, -0.2) is 16.3 Å². The average molecular weight is 268 g/mol. The molecule has 0 aromatic carbocycles. The number of aromatic nitrogens is 2. The summed E-state index contributed by atoms with van der Waals surface area (Å²) >= 11 is 5.98. The Labute approximate surface area is 112 Å². The van der Waals surface area contributed by atoms with E-state index in [1.807, 2.05) is 18.5 Å². The molecule has 0 saturated heterocycles. The Morgan fingerprint density at radius 3 is 2.83 bits per heavy atom. The van der Waals surface area contributed by atoms with Gasteiger partial charge < -0.3 is 9.73 Å². The summed E-state index contributed by atoms with van der Waals surface area (Å²) < 4.78 is 7.58. The second-order valence-electron chi connectivity index (χ2n) is 4.31. The third-order valence-electron chi connectivity index (χ3n) is 2.99. The number of aryl methyl sites for hydroxylation is 1. The lowest BCUT2D eigenvalue weighted by Crippen LogP contribution is -2.11. The number of hydrogen-bond acceptors (Lipinski definition) is 3. The van der Waals surface area contributed by atoms with Gasteiger partial charge in [0.15, 0.2) is 0 Å². The lowest BCUT2D eigenvalue weighted by molar-refractivity contribution is 0.454. The van der Waals surface area contributed by atoms with Gasteiger partial charge in [0, 0.05) is 12.1 Å². The number of hydrogen-bond donors (Lipinski definition) is 1. The molecule has 0 spiro atoms. The largest absolute Gasteiger partial charge is 0.464 e. The monoisotopic (exact) mass is 267 g/mol. The summed E-state index contributed by atoms with van der Waals surface area (Å²) in [6, 6.07) is 2.08. The first-order chi connectivity index (χ1) is 8.61. The molecule has 0 saturated carbocycles. The zero-order valence-corrected chi connectivity index (χ0v) is 11.7. The topological polar surface area (TPSA) is 43.0 Å². The highest BCUT2D eigenvalue weighted by molar-refractivity contribution is 6.31. The fourth-order valence-electron chi connectivity index (χ4n) is 1.83. The molecule has 0 aliphatic heterocycles. The lowest BCUT2D eigenvalue weighted by atomic mass is 10.2. The molecular formula is C13H18ClN3O. The van der Waals surface area contributed by atoms with Crippen LogP contribution in [0.25, 0.3) is 0 Å². The van der Waals surface area contributed by atoms with Crippen LogP contribution >= 0.6 is 11.6 Å². The molecule has 18 heavy (non-hydrogen) atoms. The standard InChI is InChI=1S/C13H18ClN3O/c1-4-15-6-11-5-12(18-10(11)3)8-17-9(2)13(14)7-16-17/h5,7,15H,4,6,8H2,1-3H3. The molecule has 2 aromatic rings. The van der Waals surface area contributed by atoms with E-state index >= 15 is 0 Å². The van der Waals surface area contributed by atoms with Gasteiger partial charge in [0.2, 0.25) is 0 Å². The van der Waals surface area contributed by atoms with E-state index < -0.39 is 0 Å². The van der Waals surface area contributed by atoms with E-state index in [0.29, 0.717) is 11.6 Å². The maximum atomic E-state index is 5.98. The number of nitrogens with one attached hydrogen (secondary N) is 1. The van der Waals surface area contributed by atoms with Crippen molar-refractivity contribution >= 4 is 11.6 Å². The zero-order chi connectivity index (χ0) is 13.1. The molecule has 0 bridgehead atoms. The third-order valence-corrected chi connectivity index (χ3v) is 3.36. The normalized spacial score (nSPS) is 11.1. The number of halogens is 1. The molecule has 1 N–H and O–H groups in total. The van der Waals surface area contributed by atoms with E-state index in [0.717, 1.165) is 30.3 Å². The predicted octanol–water partition coefficient (Wildman–Crippen LogP) is 2.90. The fourth-order valence-corrected chi connectivity index (χ4v) is 1.97. The van der Waals surface area contributed by atoms with Crippen LogP contribution in [0.3, 0.4) is 0 Å². The highest BCUT2D eigenvalue weighted by Gasteiger charge is 2.10. The average Bonchev–Trinajstić information content (AvgIpc) is 2.84. The summed E-state index contributed by atoms with van der Waals surface area (Å²) in [6.07, 6.45) is 1.66. The van der Waals surface area contributed by atoms with Crippen molar-refractivity contribution in [3.05, 3.63) is 40.1 Å². The molecule has 0 radical (unpaired) electrons. The van der Waals surface area contributed by atoms with Gasteiger partial charge in [-0.1, -0.05) is 18.5 Å². The van der Waals surface area contributed by atoms with E-state index in [9.17, 15) is 0 Å². The molecule has 4 nitrogen and oxygen atoms in total. The predicted molar refractivity (Wildman–Crippen MR) is 71.9 cm³/mol. The first-order valence-corrected chi connectivity index (χ1v) is 6.46. The van der Waals surface area contributed by atoms with Crippen molar-refractivity contribution in [3.63, 3.8) is 0 Å². The SMILES string of the molecule is CCNCc1cc(Cn2ncc(Cl)c2C)oc1C. The Balaban J connectivity index is 2.12. The van der Waals surface area contributed by atoms with Gasteiger partial charge in [-0.05, 0) is 26.5 Å². The number of rotatable bonds is 5. The van der Waals surface area contributed by atoms with Crippen LogP contribution in [0.5, 0.6) is 0 Å². The van der Waals surface area contributed by atoms with Gasteiger partial charge in [0.25, 0.3) is 0 Å². The second-order valence-corrected chi connectivity index (χ2v) is 4.72. The van der Waals surface area contributed by atoms with Gasteiger partial charge in [-0.2, -0.15) is 5.10 Å². The van der Waals surface area contributed by atoms with E-state index in [1.165, 1.54) is 5.56 Å². The number of nitrogens with zero attached hydrogens (tertiary/aromatic N) is 2. The molecule has 2 heterocycles. The molecular weight excluding hydrogens is 250 g/mol. The van der Waals surface area contributed by atoms with Gasteiger partial charge >= 0.3 is 0 Å². The lowest BCUT2D eigenvalue weighted by Gasteiger charge is -2.00. The third kappa shape index (κ3) is 2.76. The first-order valence-electron chi connectivity index (χ1n) is 6.08. The molecule has 0 aliphatic carbocycles. The molecule has 0 atom stereocenters. The summed E-state index contributed by atoms with van der Waals surface area (Å²) in [5, 5.41) is 8.20. The Bertz CT molecular complexity index is 530. The summed E-state index contributed by atoms with van der Waals surface area (Å²) in [6.45, 7) is 8.43. The maximum Gasteiger partial charge on any atom is 0.125 e. The van der Waals surface area contributed by atoms with E-state index in [-0.39, 0.29) is 0 Å². The fraction of sp³-hybridized carbons (Fsp3) is 0.462. The summed E-state index contributed by atoms with van der Waals surface area (Å²) in [5.74, 6) is 1.87. The summed E-state index contributed by atoms with van der Waals surface area (Å²) in [7, 11) is 0.